The fraction of sp³-hybridized carbons (Fsp3) is 0.250. The Morgan fingerprint density at radius 3 is 2.95 bits per heavy atom. The lowest BCUT2D eigenvalue weighted by Crippen LogP contribution is -1.92. The number of nitrogen functional groups attached to an aromatic ring is 2. The SMILES string of the molecule is Nc1sc2c(c1-c1nc3ncnc(N)c3[nH]1)CCC2. The van der Waals surface area contributed by atoms with Gasteiger partial charge in [-0.25, -0.2) is 15.0 Å². The summed E-state index contributed by atoms with van der Waals surface area (Å²) in [6.45, 7) is 0. The summed E-state index contributed by atoms with van der Waals surface area (Å²) in [5.41, 5.74) is 15.6. The molecule has 0 bridgehead atoms. The van der Waals surface area contributed by atoms with Crippen molar-refractivity contribution in [2.75, 3.05) is 11.5 Å². The Hall–Kier alpha value is -2.15. The molecular formula is C12H12N6S. The van der Waals surface area contributed by atoms with E-state index in [4.69, 9.17) is 11.5 Å². The molecule has 0 aromatic carbocycles. The van der Waals surface area contributed by atoms with Gasteiger partial charge in [0.25, 0.3) is 0 Å². The molecule has 1 aliphatic carbocycles. The Bertz CT molecular complexity index is 787. The number of aromatic amines is 1. The summed E-state index contributed by atoms with van der Waals surface area (Å²) in [5.74, 6) is 1.16. The van der Waals surface area contributed by atoms with Crippen LogP contribution in [0.25, 0.3) is 22.6 Å². The molecule has 0 atom stereocenters. The number of thiophene rings is 1. The predicted octanol–water partition coefficient (Wildman–Crippen LogP) is 1.73. The number of H-pyrrole nitrogens is 1. The van der Waals surface area contributed by atoms with Gasteiger partial charge >= 0.3 is 0 Å². The average Bonchev–Trinajstić information content (AvgIpc) is 3.02. The first-order valence-corrected chi connectivity index (χ1v) is 6.92. The van der Waals surface area contributed by atoms with Crippen molar-refractivity contribution in [3.8, 4) is 11.4 Å². The standard InChI is InChI=1S/C12H12N6S/c13-9-8-12(16-4-15-9)18-11(17-8)7-5-2-1-3-6(5)19-10(7)14/h4H,1-3,14H2,(H3,13,15,16,17,18). The molecule has 0 aliphatic heterocycles. The highest BCUT2D eigenvalue weighted by Crippen LogP contribution is 2.42. The summed E-state index contributed by atoms with van der Waals surface area (Å²) in [6, 6.07) is 0. The van der Waals surface area contributed by atoms with Crippen LogP contribution in [0.15, 0.2) is 6.33 Å². The first-order valence-electron chi connectivity index (χ1n) is 6.10. The molecule has 0 amide bonds. The first kappa shape index (κ1) is 10.7. The molecule has 19 heavy (non-hydrogen) atoms. The summed E-state index contributed by atoms with van der Waals surface area (Å²) >= 11 is 1.66. The second-order valence-corrected chi connectivity index (χ2v) is 5.78. The molecule has 3 aromatic heterocycles. The van der Waals surface area contributed by atoms with Gasteiger partial charge in [0.05, 0.1) is 10.6 Å². The third kappa shape index (κ3) is 1.45. The molecule has 0 saturated carbocycles. The molecule has 3 aromatic rings. The van der Waals surface area contributed by atoms with Gasteiger partial charge in [-0.1, -0.05) is 0 Å². The molecule has 0 spiro atoms. The Balaban J connectivity index is 1.98. The van der Waals surface area contributed by atoms with Crippen LogP contribution in [0.5, 0.6) is 0 Å². The summed E-state index contributed by atoms with van der Waals surface area (Å²) in [5, 5.41) is 0.815. The van der Waals surface area contributed by atoms with E-state index in [-0.39, 0.29) is 0 Å². The van der Waals surface area contributed by atoms with Crippen molar-refractivity contribution < 1.29 is 0 Å². The molecule has 5 N–H and O–H groups in total. The summed E-state index contributed by atoms with van der Waals surface area (Å²) < 4.78 is 0. The van der Waals surface area contributed by atoms with Gasteiger partial charge in [-0.3, -0.25) is 0 Å². The molecule has 1 aliphatic rings. The molecule has 0 fully saturated rings. The Morgan fingerprint density at radius 2 is 2.11 bits per heavy atom. The van der Waals surface area contributed by atoms with Gasteiger partial charge in [-0.15, -0.1) is 11.3 Å². The second-order valence-electron chi connectivity index (χ2n) is 4.64. The molecular weight excluding hydrogens is 260 g/mol. The van der Waals surface area contributed by atoms with Gasteiger partial charge < -0.3 is 16.5 Å². The highest BCUT2D eigenvalue weighted by Gasteiger charge is 2.24. The van der Waals surface area contributed by atoms with E-state index in [2.05, 4.69) is 19.9 Å². The summed E-state index contributed by atoms with van der Waals surface area (Å²) in [6.07, 6.45) is 4.79. The van der Waals surface area contributed by atoms with E-state index < -0.39 is 0 Å². The van der Waals surface area contributed by atoms with E-state index in [1.165, 1.54) is 23.2 Å². The molecule has 4 rings (SSSR count). The quantitative estimate of drug-likeness (QED) is 0.625. The van der Waals surface area contributed by atoms with Crippen molar-refractivity contribution in [1.29, 1.82) is 0 Å². The number of anilines is 2. The molecule has 3 heterocycles. The highest BCUT2D eigenvalue weighted by molar-refractivity contribution is 7.16. The molecule has 96 valence electrons. The number of aromatic nitrogens is 4. The Labute approximate surface area is 112 Å². The third-order valence-corrected chi connectivity index (χ3v) is 4.62. The smallest absolute Gasteiger partial charge is 0.183 e. The lowest BCUT2D eigenvalue weighted by Gasteiger charge is -1.98. The van der Waals surface area contributed by atoms with E-state index >= 15 is 0 Å². The minimum Gasteiger partial charge on any atom is -0.390 e. The predicted molar refractivity (Wildman–Crippen MR) is 75.8 cm³/mol. The fourth-order valence-electron chi connectivity index (χ4n) is 2.65. The topological polar surface area (TPSA) is 106 Å². The molecule has 0 radical (unpaired) electrons. The van der Waals surface area contributed by atoms with Crippen molar-refractivity contribution in [2.24, 2.45) is 0 Å². The van der Waals surface area contributed by atoms with Gasteiger partial charge in [-0.05, 0) is 24.8 Å². The maximum absolute atomic E-state index is 6.13. The molecule has 0 unspecified atom stereocenters. The molecule has 7 heteroatoms. The van der Waals surface area contributed by atoms with Crippen LogP contribution in [0.2, 0.25) is 0 Å². The van der Waals surface area contributed by atoms with Gasteiger partial charge in [0.2, 0.25) is 0 Å². The zero-order chi connectivity index (χ0) is 13.0. The maximum Gasteiger partial charge on any atom is 0.183 e. The van der Waals surface area contributed by atoms with Crippen LogP contribution in [0, 0.1) is 0 Å². The van der Waals surface area contributed by atoms with Crippen molar-refractivity contribution in [3.05, 3.63) is 16.8 Å². The van der Waals surface area contributed by atoms with Crippen LogP contribution in [0.4, 0.5) is 10.8 Å². The first-order chi connectivity index (χ1) is 9.24. The van der Waals surface area contributed by atoms with Gasteiger partial charge in [0.15, 0.2) is 11.5 Å². The number of imidazole rings is 1. The average molecular weight is 272 g/mol. The second kappa shape index (κ2) is 3.67. The van der Waals surface area contributed by atoms with Crippen LogP contribution in [0.3, 0.4) is 0 Å². The number of nitrogens with one attached hydrogen (secondary N) is 1. The Kier molecular flexibility index (Phi) is 2.08. The van der Waals surface area contributed by atoms with Gasteiger partial charge in [0.1, 0.15) is 17.7 Å². The normalized spacial score (nSPS) is 14.1. The molecule has 6 nitrogen and oxygen atoms in total. The van der Waals surface area contributed by atoms with Gasteiger partial charge in [0, 0.05) is 4.88 Å². The van der Waals surface area contributed by atoms with Crippen molar-refractivity contribution in [2.45, 2.75) is 19.3 Å². The minimum atomic E-state index is 0.411. The maximum atomic E-state index is 6.13. The number of aryl methyl sites for hydroxylation is 1. The van der Waals surface area contributed by atoms with E-state index in [0.29, 0.717) is 17.0 Å². The van der Waals surface area contributed by atoms with E-state index in [9.17, 15) is 0 Å². The van der Waals surface area contributed by atoms with Crippen LogP contribution in [-0.2, 0) is 12.8 Å². The molecule has 0 saturated heterocycles. The summed E-state index contributed by atoms with van der Waals surface area (Å²) in [7, 11) is 0. The minimum absolute atomic E-state index is 0.411. The zero-order valence-electron chi connectivity index (χ0n) is 10.1. The van der Waals surface area contributed by atoms with Crippen LogP contribution < -0.4 is 11.5 Å². The van der Waals surface area contributed by atoms with Gasteiger partial charge in [-0.2, -0.15) is 0 Å². The third-order valence-electron chi connectivity index (χ3n) is 3.50. The fourth-order valence-corrected chi connectivity index (χ4v) is 3.81. The van der Waals surface area contributed by atoms with Crippen LogP contribution in [0.1, 0.15) is 16.9 Å². The Morgan fingerprint density at radius 1 is 1.21 bits per heavy atom. The van der Waals surface area contributed by atoms with Crippen molar-refractivity contribution >= 4 is 33.3 Å². The van der Waals surface area contributed by atoms with Crippen molar-refractivity contribution in [3.63, 3.8) is 0 Å². The largest absolute Gasteiger partial charge is 0.390 e. The lowest BCUT2D eigenvalue weighted by molar-refractivity contribution is 0.915. The monoisotopic (exact) mass is 272 g/mol. The zero-order valence-corrected chi connectivity index (χ0v) is 10.9. The van der Waals surface area contributed by atoms with E-state index in [0.717, 1.165) is 29.2 Å². The number of nitrogens with zero attached hydrogens (tertiary/aromatic N) is 3. The number of nitrogens with two attached hydrogens (primary N) is 2. The van der Waals surface area contributed by atoms with Crippen LogP contribution >= 0.6 is 11.3 Å². The number of rotatable bonds is 1. The number of hydrogen-bond acceptors (Lipinski definition) is 6. The van der Waals surface area contributed by atoms with Crippen LogP contribution in [-0.4, -0.2) is 19.9 Å². The summed E-state index contributed by atoms with van der Waals surface area (Å²) in [4.78, 5) is 17.2. The number of hydrogen-bond donors (Lipinski definition) is 3. The number of fused-ring (bicyclic) bond motifs is 2. The van der Waals surface area contributed by atoms with E-state index in [1.54, 1.807) is 11.3 Å². The lowest BCUT2D eigenvalue weighted by atomic mass is 10.1. The van der Waals surface area contributed by atoms with E-state index in [1.807, 2.05) is 0 Å². The highest BCUT2D eigenvalue weighted by atomic mass is 32.1. The van der Waals surface area contributed by atoms with Crippen molar-refractivity contribution in [1.82, 2.24) is 19.9 Å².